The molecule has 7 nitrogen and oxygen atoms in total. The minimum Gasteiger partial charge on any atom is -0.426 e. The van der Waals surface area contributed by atoms with Crippen molar-refractivity contribution in [1.29, 1.82) is 0 Å². The summed E-state index contributed by atoms with van der Waals surface area (Å²) in [5.41, 5.74) is -0.110. The number of hydrogen-bond acceptors (Lipinski definition) is 5. The summed E-state index contributed by atoms with van der Waals surface area (Å²) in [7, 11) is -3.32. The van der Waals surface area contributed by atoms with E-state index in [2.05, 4.69) is 9.47 Å². The van der Waals surface area contributed by atoms with Crippen molar-refractivity contribution in [2.45, 2.75) is 37.7 Å². The Hall–Kier alpha value is -2.30. The third-order valence-corrected chi connectivity index (χ3v) is 5.84. The Labute approximate surface area is 198 Å². The van der Waals surface area contributed by atoms with E-state index in [1.54, 1.807) is 0 Å². The van der Waals surface area contributed by atoms with E-state index in [1.807, 2.05) is 0 Å². The van der Waals surface area contributed by atoms with Crippen LogP contribution < -0.4 is 9.04 Å². The van der Waals surface area contributed by atoms with E-state index in [0.29, 0.717) is 4.90 Å². The Morgan fingerprint density at radius 1 is 1.06 bits per heavy atom. The number of rotatable bonds is 6. The second kappa shape index (κ2) is 10.8. The van der Waals surface area contributed by atoms with Gasteiger partial charge in [0.1, 0.15) is 5.75 Å². The zero-order valence-electron chi connectivity index (χ0n) is 17.1. The Morgan fingerprint density at radius 3 is 2.03 bits per heavy atom. The molecule has 0 spiro atoms. The molecular formula is C17H16ClF9N2O5S. The Kier molecular flexibility index (Phi) is 8.89. The average Bonchev–Trinajstić information content (AvgIpc) is 2.69. The molecule has 35 heavy (non-hydrogen) atoms. The Balaban J connectivity index is 2.03. The van der Waals surface area contributed by atoms with Crippen molar-refractivity contribution in [1.82, 2.24) is 4.90 Å². The van der Waals surface area contributed by atoms with Gasteiger partial charge in [-0.15, -0.1) is 13.2 Å². The monoisotopic (exact) mass is 566 g/mol. The zero-order valence-corrected chi connectivity index (χ0v) is 18.7. The fourth-order valence-electron chi connectivity index (χ4n) is 3.16. The molecule has 0 radical (unpaired) electrons. The van der Waals surface area contributed by atoms with Gasteiger partial charge >= 0.3 is 24.8 Å². The number of nitrogens with zero attached hydrogens (tertiary/aromatic N) is 2. The van der Waals surface area contributed by atoms with Crippen LogP contribution in [0, 0.1) is 5.92 Å². The van der Waals surface area contributed by atoms with Crippen LogP contribution in [-0.4, -0.2) is 63.9 Å². The van der Waals surface area contributed by atoms with Gasteiger partial charge in [-0.2, -0.15) is 26.3 Å². The maximum absolute atomic E-state index is 12.6. The molecule has 1 aromatic carbocycles. The summed E-state index contributed by atoms with van der Waals surface area (Å²) < 4.78 is 144. The van der Waals surface area contributed by atoms with Crippen LogP contribution in [0.2, 0.25) is 5.02 Å². The van der Waals surface area contributed by atoms with E-state index < -0.39 is 58.5 Å². The standard InChI is InChI=1S/C17H16ClF9N2O5S/c18-11-7-10(1-2-12(11)34-17(25,26)27)29(35(31)32)8-9-3-5-28(6-4-9)14(30)33-13(15(19,20)21)16(22,23)24/h1-2,7,9,13,35H,3-6,8H2. The lowest BCUT2D eigenvalue weighted by molar-refractivity contribution is -0.308. The summed E-state index contributed by atoms with van der Waals surface area (Å²) >= 11 is 5.72. The number of alkyl halides is 9. The summed E-state index contributed by atoms with van der Waals surface area (Å²) in [6.07, 6.45) is -22.9. The molecule has 0 atom stereocenters. The van der Waals surface area contributed by atoms with E-state index in [1.165, 1.54) is 0 Å². The molecule has 1 aliphatic rings. The second-order valence-electron chi connectivity index (χ2n) is 7.26. The first kappa shape index (κ1) is 28.9. The van der Waals surface area contributed by atoms with Crippen LogP contribution in [-0.2, 0) is 15.6 Å². The predicted octanol–water partition coefficient (Wildman–Crippen LogP) is 4.91. The van der Waals surface area contributed by atoms with Gasteiger partial charge in [0.05, 0.1) is 10.7 Å². The largest absolute Gasteiger partial charge is 0.573 e. The third kappa shape index (κ3) is 8.40. The van der Waals surface area contributed by atoms with Gasteiger partial charge in [-0.25, -0.2) is 13.2 Å². The van der Waals surface area contributed by atoms with E-state index in [4.69, 9.17) is 11.6 Å². The van der Waals surface area contributed by atoms with Gasteiger partial charge < -0.3 is 14.4 Å². The highest BCUT2D eigenvalue weighted by Crippen LogP contribution is 2.37. The van der Waals surface area contributed by atoms with Crippen molar-refractivity contribution in [3.63, 3.8) is 0 Å². The molecule has 1 aliphatic heterocycles. The van der Waals surface area contributed by atoms with Crippen LogP contribution in [0.1, 0.15) is 12.8 Å². The highest BCUT2D eigenvalue weighted by Gasteiger charge is 2.60. The number of halogens is 10. The minimum absolute atomic E-state index is 0.0134. The number of amides is 1. The minimum atomic E-state index is -5.87. The molecule has 0 bridgehead atoms. The van der Waals surface area contributed by atoms with E-state index in [-0.39, 0.29) is 38.2 Å². The second-order valence-corrected chi connectivity index (χ2v) is 8.63. The van der Waals surface area contributed by atoms with Crippen LogP contribution in [0.4, 0.5) is 50.0 Å². The van der Waals surface area contributed by atoms with Gasteiger partial charge in [0.2, 0.25) is 10.9 Å². The van der Waals surface area contributed by atoms with Gasteiger partial charge in [0, 0.05) is 19.6 Å². The van der Waals surface area contributed by atoms with Gasteiger partial charge in [-0.1, -0.05) is 11.6 Å². The average molecular weight is 567 g/mol. The Morgan fingerprint density at radius 2 is 1.60 bits per heavy atom. The van der Waals surface area contributed by atoms with E-state index >= 15 is 0 Å². The summed E-state index contributed by atoms with van der Waals surface area (Å²) in [4.78, 5) is 12.4. The lowest BCUT2D eigenvalue weighted by atomic mass is 9.97. The van der Waals surface area contributed by atoms with Crippen LogP contribution in [0.3, 0.4) is 0 Å². The molecule has 1 fully saturated rings. The predicted molar refractivity (Wildman–Crippen MR) is 102 cm³/mol. The number of benzene rings is 1. The van der Waals surface area contributed by atoms with Crippen LogP contribution in [0.25, 0.3) is 0 Å². The normalized spacial score (nSPS) is 16.1. The van der Waals surface area contributed by atoms with Crippen molar-refractivity contribution >= 4 is 34.3 Å². The first-order valence-electron chi connectivity index (χ1n) is 9.44. The zero-order chi connectivity index (χ0) is 26.8. The lowest BCUT2D eigenvalue weighted by Gasteiger charge is -2.34. The van der Waals surface area contributed by atoms with Crippen LogP contribution in [0.15, 0.2) is 18.2 Å². The summed E-state index contributed by atoms with van der Waals surface area (Å²) in [5, 5.41) is -0.539. The molecule has 200 valence electrons. The molecule has 2 rings (SSSR count). The molecule has 1 saturated heterocycles. The number of hydrogen-bond donors (Lipinski definition) is 1. The molecule has 0 N–H and O–H groups in total. The van der Waals surface area contributed by atoms with Crippen molar-refractivity contribution in [2.24, 2.45) is 5.92 Å². The number of ether oxygens (including phenoxy) is 2. The van der Waals surface area contributed by atoms with Crippen LogP contribution >= 0.6 is 11.6 Å². The number of carbonyl (C=O) groups is 1. The summed E-state index contributed by atoms with van der Waals surface area (Å²) in [6, 6.07) is 2.71. The molecule has 0 unspecified atom stereocenters. The van der Waals surface area contributed by atoms with Gasteiger partial charge in [-0.05, 0) is 37.0 Å². The molecule has 0 aromatic heterocycles. The molecule has 0 saturated carbocycles. The highest BCUT2D eigenvalue weighted by molar-refractivity contribution is 7.74. The lowest BCUT2D eigenvalue weighted by Crippen LogP contribution is -2.49. The van der Waals surface area contributed by atoms with Crippen molar-refractivity contribution in [3.8, 4) is 5.75 Å². The number of thiol groups is 1. The maximum atomic E-state index is 12.6. The number of likely N-dealkylation sites (tertiary alicyclic amines) is 1. The third-order valence-electron chi connectivity index (χ3n) is 4.75. The molecular weight excluding hydrogens is 551 g/mol. The van der Waals surface area contributed by atoms with E-state index in [0.717, 1.165) is 22.5 Å². The van der Waals surface area contributed by atoms with Crippen molar-refractivity contribution in [2.75, 3.05) is 23.9 Å². The fourth-order valence-corrected chi connectivity index (χ4v) is 4.05. The van der Waals surface area contributed by atoms with Gasteiger partial charge in [-0.3, -0.25) is 4.31 Å². The van der Waals surface area contributed by atoms with Crippen molar-refractivity contribution in [3.05, 3.63) is 23.2 Å². The smallest absolute Gasteiger partial charge is 0.426 e. The number of anilines is 1. The quantitative estimate of drug-likeness (QED) is 0.391. The first-order valence-corrected chi connectivity index (χ1v) is 11.0. The Bertz CT molecular complexity index is 954. The summed E-state index contributed by atoms with van der Waals surface area (Å²) in [6.45, 7) is -0.895. The SMILES string of the molecule is O=C(OC(C(F)(F)F)C(F)(F)F)N1CCC(CN(c2ccc(OC(F)(F)F)c(Cl)c2)[SH](=O)=O)CC1. The molecule has 1 amide bonds. The van der Waals surface area contributed by atoms with Gasteiger partial charge in [0.25, 0.3) is 6.10 Å². The number of carbonyl (C=O) groups excluding carboxylic acids is 1. The van der Waals surface area contributed by atoms with E-state index in [9.17, 15) is 52.7 Å². The fraction of sp³-hybridized carbons (Fsp3) is 0.588. The molecule has 1 heterocycles. The maximum Gasteiger partial charge on any atom is 0.573 e. The summed E-state index contributed by atoms with van der Waals surface area (Å²) in [5.74, 6) is -1.27. The highest BCUT2D eigenvalue weighted by atomic mass is 35.5. The van der Waals surface area contributed by atoms with Gasteiger partial charge in [0.15, 0.2) is 0 Å². The molecule has 18 heteroatoms. The first-order chi connectivity index (χ1) is 15.9. The van der Waals surface area contributed by atoms with Crippen LogP contribution in [0.5, 0.6) is 5.75 Å². The molecule has 0 aliphatic carbocycles. The number of piperidine rings is 1. The van der Waals surface area contributed by atoms with Crippen molar-refractivity contribution < 1.29 is 62.2 Å². The molecule has 1 aromatic rings. The topological polar surface area (TPSA) is 76.2 Å².